The molecule has 0 aliphatic rings. The molecule has 0 spiro atoms. The van der Waals surface area contributed by atoms with Gasteiger partial charge in [-0.25, -0.2) is 4.98 Å². The Hall–Kier alpha value is -3.54. The van der Waals surface area contributed by atoms with Gasteiger partial charge in [0.05, 0.1) is 17.5 Å². The molecule has 2 N–H and O–H groups in total. The summed E-state index contributed by atoms with van der Waals surface area (Å²) in [5, 5.41) is 4.27. The van der Waals surface area contributed by atoms with Crippen molar-refractivity contribution in [2.45, 2.75) is 6.92 Å². The predicted molar refractivity (Wildman–Crippen MR) is 96.1 cm³/mol. The maximum atomic E-state index is 11.6. The summed E-state index contributed by atoms with van der Waals surface area (Å²) in [4.78, 5) is 20.5. The molecule has 6 heteroatoms. The molecule has 0 radical (unpaired) electrons. The molecule has 0 saturated heterocycles. The van der Waals surface area contributed by atoms with Crippen molar-refractivity contribution in [2.24, 2.45) is 0 Å². The highest BCUT2D eigenvalue weighted by atomic mass is 16.1. The van der Waals surface area contributed by atoms with Crippen LogP contribution in [0, 0.1) is 0 Å². The van der Waals surface area contributed by atoms with E-state index in [2.05, 4.69) is 15.1 Å². The maximum absolute atomic E-state index is 11.6. The number of anilines is 1. The minimum Gasteiger partial charge on any atom is -0.383 e. The highest BCUT2D eigenvalue weighted by molar-refractivity contribution is 5.98. The molecule has 0 bridgehead atoms. The van der Waals surface area contributed by atoms with Gasteiger partial charge in [0.25, 0.3) is 0 Å². The number of carbonyl (C=O) groups excluding carboxylic acids is 1. The van der Waals surface area contributed by atoms with Gasteiger partial charge in [0.15, 0.2) is 11.4 Å². The number of aromatic nitrogens is 4. The fourth-order valence-electron chi connectivity index (χ4n) is 2.76. The lowest BCUT2D eigenvalue weighted by Gasteiger charge is -2.05. The molecule has 6 nitrogen and oxygen atoms in total. The van der Waals surface area contributed by atoms with Gasteiger partial charge in [0, 0.05) is 29.1 Å². The largest absolute Gasteiger partial charge is 0.383 e. The Balaban J connectivity index is 1.78. The standard InChI is InChI=1S/C19H15N5O/c1-12(25)15-10-22-19-16(11-23-24(19)18(15)20)14-7-8-17(21-9-14)13-5-3-2-4-6-13/h2-11H,20H2,1H3. The third-order valence-corrected chi connectivity index (χ3v) is 4.09. The molecular formula is C19H15N5O. The maximum Gasteiger partial charge on any atom is 0.165 e. The molecule has 0 atom stereocenters. The smallest absolute Gasteiger partial charge is 0.165 e. The van der Waals surface area contributed by atoms with Gasteiger partial charge >= 0.3 is 0 Å². The number of nitrogens with two attached hydrogens (primary N) is 1. The average molecular weight is 329 g/mol. The zero-order chi connectivity index (χ0) is 17.4. The normalized spacial score (nSPS) is 10.9. The third kappa shape index (κ3) is 2.53. The van der Waals surface area contributed by atoms with Crippen LogP contribution in [0.5, 0.6) is 0 Å². The van der Waals surface area contributed by atoms with Gasteiger partial charge in [0.1, 0.15) is 5.82 Å². The topological polar surface area (TPSA) is 86.2 Å². The van der Waals surface area contributed by atoms with Crippen molar-refractivity contribution in [3.8, 4) is 22.4 Å². The van der Waals surface area contributed by atoms with Gasteiger partial charge < -0.3 is 5.73 Å². The van der Waals surface area contributed by atoms with Crippen LogP contribution in [0.15, 0.2) is 61.1 Å². The van der Waals surface area contributed by atoms with Crippen LogP contribution >= 0.6 is 0 Å². The van der Waals surface area contributed by atoms with E-state index in [9.17, 15) is 4.79 Å². The first-order chi connectivity index (χ1) is 12.1. The molecule has 4 aromatic rings. The molecule has 0 aliphatic heterocycles. The van der Waals surface area contributed by atoms with Gasteiger partial charge in [-0.2, -0.15) is 9.61 Å². The number of pyridine rings is 1. The van der Waals surface area contributed by atoms with Gasteiger partial charge in [-0.1, -0.05) is 36.4 Å². The second kappa shape index (κ2) is 5.83. The fourth-order valence-corrected chi connectivity index (χ4v) is 2.76. The first-order valence-electron chi connectivity index (χ1n) is 7.80. The molecule has 0 fully saturated rings. The van der Waals surface area contributed by atoms with E-state index in [1.165, 1.54) is 17.6 Å². The van der Waals surface area contributed by atoms with Crippen LogP contribution < -0.4 is 5.73 Å². The molecule has 3 heterocycles. The van der Waals surface area contributed by atoms with Crippen LogP contribution in [0.25, 0.3) is 28.0 Å². The van der Waals surface area contributed by atoms with E-state index < -0.39 is 0 Å². The number of carbonyl (C=O) groups is 1. The number of Topliss-reactive ketones (excluding diaryl/α,β-unsaturated/α-hetero) is 1. The molecule has 0 aliphatic carbocycles. The van der Waals surface area contributed by atoms with Crippen molar-refractivity contribution in [1.29, 1.82) is 0 Å². The minimum atomic E-state index is -0.141. The number of benzene rings is 1. The van der Waals surface area contributed by atoms with Crippen molar-refractivity contribution < 1.29 is 4.79 Å². The molecule has 25 heavy (non-hydrogen) atoms. The quantitative estimate of drug-likeness (QED) is 0.583. The molecule has 122 valence electrons. The predicted octanol–water partition coefficient (Wildman–Crippen LogP) is 3.24. The molecule has 1 aromatic carbocycles. The molecular weight excluding hydrogens is 314 g/mol. The summed E-state index contributed by atoms with van der Waals surface area (Å²) in [6.45, 7) is 1.45. The molecule has 0 saturated carbocycles. The van der Waals surface area contributed by atoms with Crippen LogP contribution in [0.4, 0.5) is 5.82 Å². The molecule has 3 aromatic heterocycles. The highest BCUT2D eigenvalue weighted by Crippen LogP contribution is 2.26. The number of rotatable bonds is 3. The van der Waals surface area contributed by atoms with E-state index in [0.29, 0.717) is 11.2 Å². The Morgan fingerprint density at radius 2 is 1.76 bits per heavy atom. The summed E-state index contributed by atoms with van der Waals surface area (Å²) in [6.07, 6.45) is 4.96. The van der Waals surface area contributed by atoms with Gasteiger partial charge in [-0.05, 0) is 13.0 Å². The number of ketones is 1. The first-order valence-corrected chi connectivity index (χ1v) is 7.80. The minimum absolute atomic E-state index is 0.141. The Kier molecular flexibility index (Phi) is 3.50. The summed E-state index contributed by atoms with van der Waals surface area (Å²) in [6, 6.07) is 13.9. The number of nitrogen functional groups attached to an aromatic ring is 1. The number of hydrogen-bond donors (Lipinski definition) is 1. The second-order valence-electron chi connectivity index (χ2n) is 5.71. The Morgan fingerprint density at radius 3 is 2.44 bits per heavy atom. The van der Waals surface area contributed by atoms with Crippen molar-refractivity contribution in [2.75, 3.05) is 5.73 Å². The lowest BCUT2D eigenvalue weighted by Crippen LogP contribution is -2.07. The first kappa shape index (κ1) is 15.0. The molecule has 4 rings (SSSR count). The van der Waals surface area contributed by atoms with Gasteiger partial charge in [-0.3, -0.25) is 9.78 Å². The molecule has 0 amide bonds. The Labute approximate surface area is 144 Å². The van der Waals surface area contributed by atoms with E-state index in [-0.39, 0.29) is 11.6 Å². The van der Waals surface area contributed by atoms with E-state index >= 15 is 0 Å². The van der Waals surface area contributed by atoms with Crippen molar-refractivity contribution in [3.05, 3.63) is 66.6 Å². The van der Waals surface area contributed by atoms with E-state index in [1.54, 1.807) is 12.4 Å². The summed E-state index contributed by atoms with van der Waals surface area (Å²) < 4.78 is 1.48. The number of hydrogen-bond acceptors (Lipinski definition) is 5. The van der Waals surface area contributed by atoms with Gasteiger partial charge in [0.2, 0.25) is 0 Å². The van der Waals surface area contributed by atoms with Crippen LogP contribution in [0.2, 0.25) is 0 Å². The van der Waals surface area contributed by atoms with Crippen LogP contribution in [0.1, 0.15) is 17.3 Å². The van der Waals surface area contributed by atoms with E-state index in [1.807, 2.05) is 42.5 Å². The summed E-state index contributed by atoms with van der Waals surface area (Å²) in [5.41, 5.74) is 10.6. The Morgan fingerprint density at radius 1 is 0.960 bits per heavy atom. The van der Waals surface area contributed by atoms with Crippen molar-refractivity contribution in [3.63, 3.8) is 0 Å². The van der Waals surface area contributed by atoms with Crippen molar-refractivity contribution in [1.82, 2.24) is 19.6 Å². The van der Waals surface area contributed by atoms with Gasteiger partial charge in [-0.15, -0.1) is 0 Å². The summed E-state index contributed by atoms with van der Waals surface area (Å²) in [5.74, 6) is 0.149. The highest BCUT2D eigenvalue weighted by Gasteiger charge is 2.15. The van der Waals surface area contributed by atoms with Crippen molar-refractivity contribution >= 4 is 17.2 Å². The lowest BCUT2D eigenvalue weighted by atomic mass is 10.1. The Bertz CT molecular complexity index is 1070. The summed E-state index contributed by atoms with van der Waals surface area (Å²) in [7, 11) is 0. The van der Waals surface area contributed by atoms with E-state index in [4.69, 9.17) is 5.73 Å². The summed E-state index contributed by atoms with van der Waals surface area (Å²) >= 11 is 0. The van der Waals surface area contributed by atoms with Crippen LogP contribution in [-0.4, -0.2) is 25.4 Å². The zero-order valence-electron chi connectivity index (χ0n) is 13.5. The number of fused-ring (bicyclic) bond motifs is 1. The third-order valence-electron chi connectivity index (χ3n) is 4.09. The number of nitrogens with zero attached hydrogens (tertiary/aromatic N) is 4. The fraction of sp³-hybridized carbons (Fsp3) is 0.0526. The average Bonchev–Trinajstić information content (AvgIpc) is 3.07. The second-order valence-corrected chi connectivity index (χ2v) is 5.71. The lowest BCUT2D eigenvalue weighted by molar-refractivity contribution is 0.101. The SMILES string of the molecule is CC(=O)c1cnc2c(-c3ccc(-c4ccccc4)nc3)cnn2c1N. The van der Waals surface area contributed by atoms with Crippen LogP contribution in [0.3, 0.4) is 0 Å². The van der Waals surface area contributed by atoms with E-state index in [0.717, 1.165) is 22.4 Å². The monoisotopic (exact) mass is 329 g/mol. The zero-order valence-corrected chi connectivity index (χ0v) is 13.5. The molecule has 0 unspecified atom stereocenters. The van der Waals surface area contributed by atoms with Crippen LogP contribution in [-0.2, 0) is 0 Å².